The highest BCUT2D eigenvalue weighted by molar-refractivity contribution is 6.02. The molecule has 0 aliphatic rings. The van der Waals surface area contributed by atoms with Crippen LogP contribution in [0.1, 0.15) is 40.3 Å². The summed E-state index contributed by atoms with van der Waals surface area (Å²) < 4.78 is 5.07. The molecule has 0 atom stereocenters. The second kappa shape index (κ2) is 8.36. The molecule has 0 saturated heterocycles. The molecule has 3 aromatic rings. The first-order valence-corrected chi connectivity index (χ1v) is 8.84. The summed E-state index contributed by atoms with van der Waals surface area (Å²) in [5, 5.41) is 2.74. The number of benzene rings is 2. The van der Waals surface area contributed by atoms with Crippen molar-refractivity contribution in [3.05, 3.63) is 89.9 Å². The average molecular weight is 362 g/mol. The highest BCUT2D eigenvalue weighted by Gasteiger charge is 2.19. The zero-order valence-corrected chi connectivity index (χ0v) is 15.4. The molecule has 1 heterocycles. The molecule has 5 heteroatoms. The summed E-state index contributed by atoms with van der Waals surface area (Å²) in [6.45, 7) is 4.55. The third kappa shape index (κ3) is 4.64. The molecule has 0 bridgehead atoms. The Morgan fingerprint density at radius 2 is 1.67 bits per heavy atom. The lowest BCUT2D eigenvalue weighted by atomic mass is 10.1. The summed E-state index contributed by atoms with van der Waals surface area (Å²) in [7, 11) is 0. The number of rotatable bonds is 6. The molecule has 27 heavy (non-hydrogen) atoms. The van der Waals surface area contributed by atoms with E-state index in [0.717, 1.165) is 5.56 Å². The van der Waals surface area contributed by atoms with Crippen LogP contribution in [0.25, 0.3) is 0 Å². The lowest BCUT2D eigenvalue weighted by molar-refractivity contribution is 0.0690. The molecule has 0 saturated carbocycles. The van der Waals surface area contributed by atoms with Crippen LogP contribution in [0.4, 0.5) is 5.69 Å². The van der Waals surface area contributed by atoms with Crippen molar-refractivity contribution in [1.82, 2.24) is 4.90 Å². The van der Waals surface area contributed by atoms with E-state index in [0.29, 0.717) is 17.8 Å². The molecule has 0 fully saturated rings. The highest BCUT2D eigenvalue weighted by Crippen LogP contribution is 2.16. The summed E-state index contributed by atoms with van der Waals surface area (Å²) in [6, 6.07) is 20.1. The number of hydrogen-bond donors (Lipinski definition) is 1. The molecule has 1 N–H and O–H groups in total. The molecule has 0 aliphatic carbocycles. The Labute approximate surface area is 158 Å². The van der Waals surface area contributed by atoms with Crippen LogP contribution in [-0.2, 0) is 6.54 Å². The number of furan rings is 1. The lowest BCUT2D eigenvalue weighted by Crippen LogP contribution is -2.36. The van der Waals surface area contributed by atoms with Gasteiger partial charge in [0.05, 0.1) is 6.26 Å². The summed E-state index contributed by atoms with van der Waals surface area (Å²) in [6.07, 6.45) is 1.45. The molecule has 5 nitrogen and oxygen atoms in total. The Bertz CT molecular complexity index is 885. The molecule has 0 spiro atoms. The van der Waals surface area contributed by atoms with Crippen LogP contribution < -0.4 is 5.32 Å². The van der Waals surface area contributed by atoms with Crippen molar-refractivity contribution in [2.75, 3.05) is 5.32 Å². The summed E-state index contributed by atoms with van der Waals surface area (Å²) >= 11 is 0. The zero-order valence-electron chi connectivity index (χ0n) is 15.4. The number of hydrogen-bond acceptors (Lipinski definition) is 3. The number of carbonyl (C=O) groups is 2. The van der Waals surface area contributed by atoms with Crippen LogP contribution in [0.2, 0.25) is 0 Å². The van der Waals surface area contributed by atoms with Gasteiger partial charge in [-0.05, 0) is 55.8 Å². The van der Waals surface area contributed by atoms with Gasteiger partial charge in [0.15, 0.2) is 5.76 Å². The minimum atomic E-state index is -0.327. The van der Waals surface area contributed by atoms with Gasteiger partial charge in [-0.2, -0.15) is 0 Å². The number of amides is 2. The maximum absolute atomic E-state index is 12.9. The van der Waals surface area contributed by atoms with Crippen LogP contribution in [0, 0.1) is 0 Å². The Kier molecular flexibility index (Phi) is 5.71. The smallest absolute Gasteiger partial charge is 0.291 e. The van der Waals surface area contributed by atoms with Gasteiger partial charge in [-0.1, -0.05) is 30.3 Å². The number of carbonyl (C=O) groups excluding carboxylic acids is 2. The third-order valence-electron chi connectivity index (χ3n) is 4.21. The predicted octanol–water partition coefficient (Wildman–Crippen LogP) is 4.58. The Morgan fingerprint density at radius 1 is 0.963 bits per heavy atom. The van der Waals surface area contributed by atoms with Crippen molar-refractivity contribution >= 4 is 17.5 Å². The van der Waals surface area contributed by atoms with E-state index in [4.69, 9.17) is 4.42 Å². The van der Waals surface area contributed by atoms with E-state index >= 15 is 0 Å². The second-order valence-corrected chi connectivity index (χ2v) is 6.52. The van der Waals surface area contributed by atoms with E-state index in [9.17, 15) is 9.59 Å². The first-order valence-electron chi connectivity index (χ1n) is 8.84. The standard InChI is InChI=1S/C22H22N2O3/c1-16(2)24(15-17-7-4-3-5-8-17)22(26)18-10-12-19(13-11-18)23-21(25)20-9-6-14-27-20/h3-14,16H,15H2,1-2H3,(H,23,25). The summed E-state index contributed by atoms with van der Waals surface area (Å²) in [5.74, 6) is -0.131. The second-order valence-electron chi connectivity index (χ2n) is 6.52. The van der Waals surface area contributed by atoms with Gasteiger partial charge >= 0.3 is 0 Å². The molecular formula is C22H22N2O3. The monoisotopic (exact) mass is 362 g/mol. The predicted molar refractivity (Wildman–Crippen MR) is 105 cm³/mol. The van der Waals surface area contributed by atoms with Crippen molar-refractivity contribution in [3.63, 3.8) is 0 Å². The SMILES string of the molecule is CC(C)N(Cc1ccccc1)C(=O)c1ccc(NC(=O)c2ccco2)cc1. The topological polar surface area (TPSA) is 62.6 Å². The fourth-order valence-electron chi connectivity index (χ4n) is 2.73. The number of anilines is 1. The van der Waals surface area contributed by atoms with Gasteiger partial charge in [0.1, 0.15) is 0 Å². The van der Waals surface area contributed by atoms with Crippen LogP contribution in [0.15, 0.2) is 77.4 Å². The minimum absolute atomic E-state index is 0.0437. The molecule has 2 aromatic carbocycles. The van der Waals surface area contributed by atoms with Crippen molar-refractivity contribution < 1.29 is 14.0 Å². The van der Waals surface area contributed by atoms with Crippen LogP contribution in [0.3, 0.4) is 0 Å². The molecule has 138 valence electrons. The van der Waals surface area contributed by atoms with Crippen LogP contribution in [-0.4, -0.2) is 22.8 Å². The summed E-state index contributed by atoms with van der Waals surface area (Å²) in [4.78, 5) is 26.8. The van der Waals surface area contributed by atoms with Gasteiger partial charge in [0.25, 0.3) is 11.8 Å². The van der Waals surface area contributed by atoms with E-state index in [1.165, 1.54) is 6.26 Å². The van der Waals surface area contributed by atoms with Gasteiger partial charge in [0, 0.05) is 23.8 Å². The van der Waals surface area contributed by atoms with Gasteiger partial charge in [0.2, 0.25) is 0 Å². The highest BCUT2D eigenvalue weighted by atomic mass is 16.3. The molecule has 1 aromatic heterocycles. The van der Waals surface area contributed by atoms with E-state index in [1.54, 1.807) is 36.4 Å². The number of nitrogens with one attached hydrogen (secondary N) is 1. The van der Waals surface area contributed by atoms with Gasteiger partial charge in [-0.15, -0.1) is 0 Å². The third-order valence-corrected chi connectivity index (χ3v) is 4.21. The van der Waals surface area contributed by atoms with Crippen LogP contribution >= 0.6 is 0 Å². The first kappa shape index (κ1) is 18.5. The maximum atomic E-state index is 12.9. The van der Waals surface area contributed by atoms with E-state index in [1.807, 2.05) is 49.1 Å². The largest absolute Gasteiger partial charge is 0.459 e. The van der Waals surface area contributed by atoms with Crippen molar-refractivity contribution in [1.29, 1.82) is 0 Å². The fourth-order valence-corrected chi connectivity index (χ4v) is 2.73. The molecular weight excluding hydrogens is 340 g/mol. The molecule has 0 unspecified atom stereocenters. The van der Waals surface area contributed by atoms with Gasteiger partial charge < -0.3 is 14.6 Å². The lowest BCUT2D eigenvalue weighted by Gasteiger charge is -2.27. The molecule has 3 rings (SSSR count). The normalized spacial score (nSPS) is 10.6. The Balaban J connectivity index is 1.70. The van der Waals surface area contributed by atoms with E-state index < -0.39 is 0 Å². The molecule has 0 aliphatic heterocycles. The van der Waals surface area contributed by atoms with Crippen LogP contribution in [0.5, 0.6) is 0 Å². The molecule has 2 amide bonds. The van der Waals surface area contributed by atoms with E-state index in [2.05, 4.69) is 5.32 Å². The van der Waals surface area contributed by atoms with Crippen molar-refractivity contribution in [3.8, 4) is 0 Å². The van der Waals surface area contributed by atoms with E-state index in [-0.39, 0.29) is 23.6 Å². The number of nitrogens with zero attached hydrogens (tertiary/aromatic N) is 1. The quantitative estimate of drug-likeness (QED) is 0.698. The average Bonchev–Trinajstić information content (AvgIpc) is 3.22. The van der Waals surface area contributed by atoms with Gasteiger partial charge in [-0.25, -0.2) is 0 Å². The first-order chi connectivity index (χ1) is 13.0. The molecule has 0 radical (unpaired) electrons. The van der Waals surface area contributed by atoms with Gasteiger partial charge in [-0.3, -0.25) is 9.59 Å². The van der Waals surface area contributed by atoms with Crippen molar-refractivity contribution in [2.24, 2.45) is 0 Å². The minimum Gasteiger partial charge on any atom is -0.459 e. The Hall–Kier alpha value is -3.34. The maximum Gasteiger partial charge on any atom is 0.291 e. The van der Waals surface area contributed by atoms with Crippen molar-refractivity contribution in [2.45, 2.75) is 26.4 Å². The fraction of sp³-hybridized carbons (Fsp3) is 0.182. The summed E-state index contributed by atoms with van der Waals surface area (Å²) in [5.41, 5.74) is 2.27. The zero-order chi connectivity index (χ0) is 19.2. The Morgan fingerprint density at radius 3 is 2.26 bits per heavy atom.